The van der Waals surface area contributed by atoms with Crippen LogP contribution in [0.3, 0.4) is 0 Å². The van der Waals surface area contributed by atoms with Crippen LogP contribution in [0.5, 0.6) is 0 Å². The molecule has 6 aromatic rings. The van der Waals surface area contributed by atoms with Crippen molar-refractivity contribution in [1.82, 2.24) is 0 Å². The van der Waals surface area contributed by atoms with Gasteiger partial charge in [-0.1, -0.05) is 521 Å². The van der Waals surface area contributed by atoms with E-state index in [2.05, 4.69) is 322 Å². The minimum absolute atomic E-state index is 0.265. The highest BCUT2D eigenvalue weighted by molar-refractivity contribution is 5.57. The average molecular weight is 1970 g/mol. The molecule has 0 amide bonds. The predicted molar refractivity (Wildman–Crippen MR) is 649 cm³/mol. The molecule has 6 aromatic carbocycles. The molecule has 6 fully saturated rings. The highest BCUT2D eigenvalue weighted by Gasteiger charge is 2.50. The lowest BCUT2D eigenvalue weighted by molar-refractivity contribution is 0.202. The Morgan fingerprint density at radius 1 is 0.111 bits per heavy atom. The number of hydrogen-bond donors (Lipinski definition) is 0. The average Bonchev–Trinajstić information content (AvgIpc) is 1.62. The second-order valence-electron chi connectivity index (χ2n) is 60.2. The Labute approximate surface area is 899 Å². The lowest BCUT2D eigenvalue weighted by Gasteiger charge is -2.33. The summed E-state index contributed by atoms with van der Waals surface area (Å²) >= 11 is 0. The van der Waals surface area contributed by atoms with Crippen LogP contribution in [0.4, 0.5) is 0 Å². The maximum absolute atomic E-state index is 2.45. The molecule has 0 saturated heterocycles. The second-order valence-corrected chi connectivity index (χ2v) is 60.2. The zero-order valence-corrected chi connectivity index (χ0v) is 106. The SMILES string of the molecule is CC.CC.CC.CC.CC.CC.CC(C)(C)c1ccc(C(C)(C)C)c2c1CC1(CCCCC1)C2.CC(C)(C)c1ccc(C(C)(C)C)c2c1CC1(CCCCC1)C2.CC(C)(C)c1ccc(C(C)(C)C)c2c1CC1(CCCCC1)C2.CC(C)(C)c1ccc(C(C)(C)C)c2c1CC1(CCCCC1)C2.CC(C)(C)c1ccc(C(C)(C)C)c2c1CC1(CCCCC1)C2.CC(C)(C)c1ccc(C(C)(C)C)c2c1CC1(CCCCC1)C2. The molecule has 0 bridgehead atoms. The second kappa shape index (κ2) is 49.6. The molecule has 0 atom stereocenters. The van der Waals surface area contributed by atoms with Gasteiger partial charge in [-0.3, -0.25) is 0 Å². The third-order valence-electron chi connectivity index (χ3n) is 36.4. The molecule has 0 radical (unpaired) electrons. The predicted octanol–water partition coefficient (Wildman–Crippen LogP) is 44.1. The van der Waals surface area contributed by atoms with E-state index in [-0.39, 0.29) is 65.0 Å². The van der Waals surface area contributed by atoms with Gasteiger partial charge in [0.25, 0.3) is 0 Å². The molecule has 0 aromatic heterocycles. The van der Waals surface area contributed by atoms with Crippen LogP contribution >= 0.6 is 0 Å². The first kappa shape index (κ1) is 126. The monoisotopic (exact) mass is 1970 g/mol. The molecule has 0 aliphatic heterocycles. The number of benzene rings is 6. The molecule has 6 saturated carbocycles. The van der Waals surface area contributed by atoms with Crippen molar-refractivity contribution in [2.24, 2.45) is 32.5 Å². The zero-order valence-electron chi connectivity index (χ0n) is 106. The summed E-state index contributed by atoms with van der Waals surface area (Å²) in [5, 5.41) is 0. The lowest BCUT2D eigenvalue weighted by atomic mass is 9.71. The Morgan fingerprint density at radius 2 is 0.174 bits per heavy atom. The summed E-state index contributed by atoms with van der Waals surface area (Å²) in [6.07, 6.45) is 59.7. The summed E-state index contributed by atoms with van der Waals surface area (Å²) in [4.78, 5) is 0. The fraction of sp³-hybridized carbons (Fsp3) is 0.750. The Balaban J connectivity index is 0.000000229. The smallest absolute Gasteiger partial charge is 0.0129 e. The van der Waals surface area contributed by atoms with Crippen molar-refractivity contribution < 1.29 is 0 Å². The first-order valence-electron chi connectivity index (χ1n) is 61.7. The molecule has 18 rings (SSSR count). The number of rotatable bonds is 0. The molecule has 144 heavy (non-hydrogen) atoms. The topological polar surface area (TPSA) is 0 Å². The van der Waals surface area contributed by atoms with Gasteiger partial charge in [0.05, 0.1) is 0 Å². The Morgan fingerprint density at radius 3 is 0.229 bits per heavy atom. The summed E-state index contributed by atoms with van der Waals surface area (Å²) < 4.78 is 0. The van der Waals surface area contributed by atoms with Crippen molar-refractivity contribution >= 4 is 0 Å². The molecular weight excluding hydrogens is 1730 g/mol. The van der Waals surface area contributed by atoms with Gasteiger partial charge < -0.3 is 0 Å². The molecular formula is C144H240. The molecule has 0 unspecified atom stereocenters. The van der Waals surface area contributed by atoms with E-state index < -0.39 is 0 Å². The Hall–Kier alpha value is -4.68. The van der Waals surface area contributed by atoms with E-state index in [1.807, 2.05) is 83.1 Å². The van der Waals surface area contributed by atoms with Crippen molar-refractivity contribution in [3.05, 3.63) is 206 Å². The zero-order chi connectivity index (χ0) is 109. The molecule has 0 nitrogen and oxygen atoms in total. The van der Waals surface area contributed by atoms with E-state index in [1.54, 1.807) is 134 Å². The lowest BCUT2D eigenvalue weighted by Crippen LogP contribution is -2.25. The fourth-order valence-electron chi connectivity index (χ4n) is 29.8. The third-order valence-corrected chi connectivity index (χ3v) is 36.4. The van der Waals surface area contributed by atoms with Crippen molar-refractivity contribution in [2.75, 3.05) is 0 Å². The van der Waals surface area contributed by atoms with Crippen LogP contribution in [0, 0.1) is 32.5 Å². The largest absolute Gasteiger partial charge is 0.0683 e. The highest BCUT2D eigenvalue weighted by Crippen LogP contribution is 2.60. The van der Waals surface area contributed by atoms with E-state index in [4.69, 9.17) is 0 Å². The van der Waals surface area contributed by atoms with Gasteiger partial charge in [-0.15, -0.1) is 0 Å². The van der Waals surface area contributed by atoms with Crippen molar-refractivity contribution in [1.29, 1.82) is 0 Å². The summed E-state index contributed by atoms with van der Waals surface area (Å²) in [7, 11) is 0. The van der Waals surface area contributed by atoms with Gasteiger partial charge in [0.2, 0.25) is 0 Å². The summed E-state index contributed by atoms with van der Waals surface area (Å²) in [5.41, 5.74) is 46.8. The quantitative estimate of drug-likeness (QED) is 0.142. The minimum atomic E-state index is 0.265. The summed E-state index contributed by atoms with van der Waals surface area (Å²) in [6, 6.07) is 29.3. The Bertz CT molecular complexity index is 3890. The molecule has 12 aliphatic carbocycles. The summed E-state index contributed by atoms with van der Waals surface area (Å²) in [5.74, 6) is 0. The third kappa shape index (κ3) is 30.5. The van der Waals surface area contributed by atoms with Crippen LogP contribution in [0.1, 0.15) is 658 Å². The van der Waals surface area contributed by atoms with Crippen LogP contribution in [-0.4, -0.2) is 0 Å². The molecule has 6 spiro atoms. The van der Waals surface area contributed by atoms with Crippen molar-refractivity contribution in [3.63, 3.8) is 0 Å². The van der Waals surface area contributed by atoms with E-state index in [0.29, 0.717) is 32.5 Å². The summed E-state index contributed by atoms with van der Waals surface area (Å²) in [6.45, 7) is 110. The van der Waals surface area contributed by atoms with Gasteiger partial charge in [0.15, 0.2) is 0 Å². The molecule has 0 N–H and O–H groups in total. The number of hydrogen-bond acceptors (Lipinski definition) is 0. The number of fused-ring (bicyclic) bond motifs is 6. The highest BCUT2D eigenvalue weighted by atomic mass is 14.5. The van der Waals surface area contributed by atoms with Gasteiger partial charge in [-0.25, -0.2) is 0 Å². The Kier molecular flexibility index (Phi) is 43.5. The fourth-order valence-corrected chi connectivity index (χ4v) is 29.8. The first-order valence-corrected chi connectivity index (χ1v) is 61.7. The maximum atomic E-state index is 2.45. The van der Waals surface area contributed by atoms with Crippen LogP contribution in [-0.2, 0) is 142 Å². The van der Waals surface area contributed by atoms with Crippen LogP contribution < -0.4 is 0 Å². The molecule has 816 valence electrons. The van der Waals surface area contributed by atoms with Crippen LogP contribution in [0.25, 0.3) is 0 Å². The van der Waals surface area contributed by atoms with Gasteiger partial charge in [0.1, 0.15) is 0 Å². The molecule has 0 heteroatoms. The van der Waals surface area contributed by atoms with Crippen molar-refractivity contribution in [2.45, 2.75) is 667 Å². The minimum Gasteiger partial charge on any atom is -0.0683 e. The first-order chi connectivity index (χ1) is 66.7. The van der Waals surface area contributed by atoms with Gasteiger partial charge in [0, 0.05) is 0 Å². The molecule has 12 aliphatic rings. The molecule has 0 heterocycles. The van der Waals surface area contributed by atoms with Crippen LogP contribution in [0.2, 0.25) is 0 Å². The van der Waals surface area contributed by atoms with E-state index in [1.165, 1.54) is 270 Å². The van der Waals surface area contributed by atoms with Gasteiger partial charge in [-0.2, -0.15) is 0 Å². The van der Waals surface area contributed by atoms with E-state index in [0.717, 1.165) is 0 Å². The standard InChI is InChI=1S/6C22H34.6C2H6/c6*1-20(2,3)18-10-11-19(21(4,5)6)17-15-22(14-16(17)18)12-8-7-9-13-22;6*1-2/h6*10-11H,7-9,12-15H2,1-6H3;6*1-2H3. The van der Waals surface area contributed by atoms with E-state index >= 15 is 0 Å². The van der Waals surface area contributed by atoms with Gasteiger partial charge >= 0.3 is 0 Å². The van der Waals surface area contributed by atoms with Crippen LogP contribution in [0.15, 0.2) is 72.8 Å². The maximum Gasteiger partial charge on any atom is -0.0129 e. The van der Waals surface area contributed by atoms with Gasteiger partial charge in [-0.05, 0) is 385 Å². The van der Waals surface area contributed by atoms with Crippen molar-refractivity contribution in [3.8, 4) is 0 Å². The normalized spacial score (nSPS) is 19.7. The van der Waals surface area contributed by atoms with E-state index in [9.17, 15) is 0 Å².